The number of amides is 1. The molecule has 1 aromatic carbocycles. The summed E-state index contributed by atoms with van der Waals surface area (Å²) in [5, 5.41) is 3.36. The van der Waals surface area contributed by atoms with Crippen LogP contribution in [0.4, 0.5) is 11.4 Å². The van der Waals surface area contributed by atoms with Gasteiger partial charge in [-0.05, 0) is 57.1 Å². The molecule has 2 rings (SSSR count). The number of benzene rings is 1. The second kappa shape index (κ2) is 7.50. The van der Waals surface area contributed by atoms with Gasteiger partial charge in [0.15, 0.2) is 0 Å². The maximum absolute atomic E-state index is 11.8. The third-order valence-corrected chi connectivity index (χ3v) is 3.95. The van der Waals surface area contributed by atoms with E-state index in [1.54, 1.807) is 18.2 Å². The van der Waals surface area contributed by atoms with Crippen LogP contribution in [-0.4, -0.2) is 30.4 Å². The summed E-state index contributed by atoms with van der Waals surface area (Å²) in [6.07, 6.45) is 5.36. The number of hydrogen-bond donors (Lipinski definition) is 2. The van der Waals surface area contributed by atoms with E-state index >= 15 is 0 Å². The summed E-state index contributed by atoms with van der Waals surface area (Å²) in [7, 11) is 0. The monoisotopic (exact) mass is 295 g/mol. The maximum atomic E-state index is 11.8. The van der Waals surface area contributed by atoms with E-state index < -0.39 is 0 Å². The molecule has 0 bridgehead atoms. The van der Waals surface area contributed by atoms with Gasteiger partial charge in [-0.1, -0.05) is 18.0 Å². The van der Waals surface area contributed by atoms with Crippen molar-refractivity contribution in [2.45, 2.75) is 32.1 Å². The average Bonchev–Trinajstić information content (AvgIpc) is 2.44. The Bertz CT molecular complexity index is 458. The molecule has 1 amide bonds. The topological polar surface area (TPSA) is 58.4 Å². The number of rotatable bonds is 5. The van der Waals surface area contributed by atoms with Crippen LogP contribution in [0.25, 0.3) is 0 Å². The van der Waals surface area contributed by atoms with Crippen molar-refractivity contribution in [3.8, 4) is 0 Å². The van der Waals surface area contributed by atoms with Gasteiger partial charge in [-0.3, -0.25) is 4.79 Å². The van der Waals surface area contributed by atoms with Gasteiger partial charge < -0.3 is 16.0 Å². The molecule has 3 N–H and O–H groups in total. The SMILES string of the molecule is Nc1cc(NC(=O)CCCN2CCCCC2)ccc1Cl. The van der Waals surface area contributed by atoms with Crippen molar-refractivity contribution in [2.75, 3.05) is 30.7 Å². The highest BCUT2D eigenvalue weighted by Gasteiger charge is 2.10. The fourth-order valence-corrected chi connectivity index (χ4v) is 2.61. The number of hydrogen-bond acceptors (Lipinski definition) is 3. The van der Waals surface area contributed by atoms with Crippen LogP contribution in [0, 0.1) is 0 Å². The van der Waals surface area contributed by atoms with Crippen LogP contribution in [0.15, 0.2) is 18.2 Å². The smallest absolute Gasteiger partial charge is 0.224 e. The molecule has 1 heterocycles. The van der Waals surface area contributed by atoms with Gasteiger partial charge in [0.2, 0.25) is 5.91 Å². The molecule has 0 unspecified atom stereocenters. The third-order valence-electron chi connectivity index (χ3n) is 3.61. The molecule has 0 atom stereocenters. The Labute approximate surface area is 125 Å². The number of likely N-dealkylation sites (tertiary alicyclic amines) is 1. The number of nitrogens with two attached hydrogens (primary N) is 1. The Balaban J connectivity index is 1.70. The molecule has 20 heavy (non-hydrogen) atoms. The highest BCUT2D eigenvalue weighted by Crippen LogP contribution is 2.22. The van der Waals surface area contributed by atoms with Crippen LogP contribution in [0.1, 0.15) is 32.1 Å². The summed E-state index contributed by atoms with van der Waals surface area (Å²) in [5.41, 5.74) is 6.89. The molecule has 4 nitrogen and oxygen atoms in total. The Morgan fingerprint density at radius 3 is 2.75 bits per heavy atom. The lowest BCUT2D eigenvalue weighted by atomic mass is 10.1. The predicted molar refractivity (Wildman–Crippen MR) is 84.0 cm³/mol. The van der Waals surface area contributed by atoms with Crippen molar-refractivity contribution < 1.29 is 4.79 Å². The predicted octanol–water partition coefficient (Wildman–Crippen LogP) is 3.13. The number of halogens is 1. The van der Waals surface area contributed by atoms with Crippen molar-refractivity contribution in [2.24, 2.45) is 0 Å². The number of carbonyl (C=O) groups excluding carboxylic acids is 1. The molecule has 5 heteroatoms. The number of piperidine rings is 1. The molecule has 0 radical (unpaired) electrons. The third kappa shape index (κ3) is 4.69. The van der Waals surface area contributed by atoms with Crippen LogP contribution in [0.3, 0.4) is 0 Å². The molecule has 1 aromatic rings. The minimum Gasteiger partial charge on any atom is -0.397 e. The number of anilines is 2. The van der Waals surface area contributed by atoms with Crippen LogP contribution in [0.2, 0.25) is 5.02 Å². The fourth-order valence-electron chi connectivity index (χ4n) is 2.49. The zero-order chi connectivity index (χ0) is 14.4. The number of carbonyl (C=O) groups is 1. The second-order valence-corrected chi connectivity index (χ2v) is 5.70. The molecule has 1 fully saturated rings. The van der Waals surface area contributed by atoms with Crippen LogP contribution in [0.5, 0.6) is 0 Å². The molecule has 1 aliphatic rings. The lowest BCUT2D eigenvalue weighted by Crippen LogP contribution is -2.31. The zero-order valence-electron chi connectivity index (χ0n) is 11.7. The number of nitrogens with zero attached hydrogens (tertiary/aromatic N) is 1. The summed E-state index contributed by atoms with van der Waals surface area (Å²) in [5.74, 6) is 0.0312. The first-order valence-corrected chi connectivity index (χ1v) is 7.60. The quantitative estimate of drug-likeness (QED) is 0.821. The van der Waals surface area contributed by atoms with Gasteiger partial charge in [-0.25, -0.2) is 0 Å². The minimum absolute atomic E-state index is 0.0312. The lowest BCUT2D eigenvalue weighted by Gasteiger charge is -2.26. The van der Waals surface area contributed by atoms with E-state index in [9.17, 15) is 4.79 Å². The van der Waals surface area contributed by atoms with E-state index in [1.165, 1.54) is 32.4 Å². The van der Waals surface area contributed by atoms with Crippen LogP contribution >= 0.6 is 11.6 Å². The largest absolute Gasteiger partial charge is 0.397 e. The van der Waals surface area contributed by atoms with Gasteiger partial charge in [-0.15, -0.1) is 0 Å². The molecule has 1 saturated heterocycles. The fraction of sp³-hybridized carbons (Fsp3) is 0.533. The van der Waals surface area contributed by atoms with Gasteiger partial charge in [0.1, 0.15) is 0 Å². The van der Waals surface area contributed by atoms with Crippen molar-refractivity contribution in [1.82, 2.24) is 4.90 Å². The molecule has 110 valence electrons. The van der Waals surface area contributed by atoms with Gasteiger partial charge in [0.05, 0.1) is 10.7 Å². The van der Waals surface area contributed by atoms with E-state index in [4.69, 9.17) is 17.3 Å². The molecule has 1 aliphatic heterocycles. The standard InChI is InChI=1S/C15H22ClN3O/c16-13-7-6-12(11-14(13)17)18-15(20)5-4-10-19-8-2-1-3-9-19/h6-7,11H,1-5,8-10,17H2,(H,18,20). The average molecular weight is 296 g/mol. The Hall–Kier alpha value is -1.26. The van der Waals surface area contributed by atoms with E-state index in [0.29, 0.717) is 22.8 Å². The van der Waals surface area contributed by atoms with E-state index in [1.807, 2.05) is 0 Å². The molecule has 0 saturated carbocycles. The first-order chi connectivity index (χ1) is 9.65. The second-order valence-electron chi connectivity index (χ2n) is 5.29. The number of nitrogen functional groups attached to an aromatic ring is 1. The van der Waals surface area contributed by atoms with Crippen molar-refractivity contribution in [3.63, 3.8) is 0 Å². The normalized spacial score (nSPS) is 16.1. The highest BCUT2D eigenvalue weighted by atomic mass is 35.5. The van der Waals surface area contributed by atoms with Crippen LogP contribution < -0.4 is 11.1 Å². The zero-order valence-corrected chi connectivity index (χ0v) is 12.5. The van der Waals surface area contributed by atoms with Crippen molar-refractivity contribution in [3.05, 3.63) is 23.2 Å². The summed E-state index contributed by atoms with van der Waals surface area (Å²) >= 11 is 5.84. The molecule has 0 aromatic heterocycles. The summed E-state index contributed by atoms with van der Waals surface area (Å²) < 4.78 is 0. The lowest BCUT2D eigenvalue weighted by molar-refractivity contribution is -0.116. The van der Waals surface area contributed by atoms with Gasteiger partial charge in [0.25, 0.3) is 0 Å². The molecule has 0 aliphatic carbocycles. The van der Waals surface area contributed by atoms with Crippen LogP contribution in [-0.2, 0) is 4.79 Å². The van der Waals surface area contributed by atoms with E-state index in [-0.39, 0.29) is 5.91 Å². The number of nitrogens with one attached hydrogen (secondary N) is 1. The van der Waals surface area contributed by atoms with Gasteiger partial charge in [0, 0.05) is 12.1 Å². The van der Waals surface area contributed by atoms with Crippen molar-refractivity contribution >= 4 is 28.9 Å². The van der Waals surface area contributed by atoms with E-state index in [0.717, 1.165) is 13.0 Å². The summed E-state index contributed by atoms with van der Waals surface area (Å²) in [4.78, 5) is 14.3. The highest BCUT2D eigenvalue weighted by molar-refractivity contribution is 6.33. The molecular weight excluding hydrogens is 274 g/mol. The first kappa shape index (κ1) is 15.1. The Morgan fingerprint density at radius 2 is 2.05 bits per heavy atom. The maximum Gasteiger partial charge on any atom is 0.224 e. The first-order valence-electron chi connectivity index (χ1n) is 7.22. The minimum atomic E-state index is 0.0312. The van der Waals surface area contributed by atoms with Gasteiger partial charge in [-0.2, -0.15) is 0 Å². The molecule has 0 spiro atoms. The van der Waals surface area contributed by atoms with Gasteiger partial charge >= 0.3 is 0 Å². The summed E-state index contributed by atoms with van der Waals surface area (Å²) in [6.45, 7) is 3.36. The Kier molecular flexibility index (Phi) is 5.68. The summed E-state index contributed by atoms with van der Waals surface area (Å²) in [6, 6.07) is 5.15. The molecular formula is C15H22ClN3O. The Morgan fingerprint density at radius 1 is 1.30 bits per heavy atom. The van der Waals surface area contributed by atoms with E-state index in [2.05, 4.69) is 10.2 Å². The van der Waals surface area contributed by atoms with Crippen molar-refractivity contribution in [1.29, 1.82) is 0 Å².